The van der Waals surface area contributed by atoms with E-state index < -0.39 is 5.60 Å². The van der Waals surface area contributed by atoms with E-state index in [0.29, 0.717) is 5.92 Å². The Morgan fingerprint density at radius 2 is 1.87 bits per heavy atom. The van der Waals surface area contributed by atoms with Crippen LogP contribution in [0.25, 0.3) is 0 Å². The van der Waals surface area contributed by atoms with Gasteiger partial charge in [0.25, 0.3) is 0 Å². The Balaban J connectivity index is 2.30. The van der Waals surface area contributed by atoms with E-state index in [1.165, 1.54) is 25.7 Å². The summed E-state index contributed by atoms with van der Waals surface area (Å²) in [5, 5.41) is 2.92. The SMILES string of the molecule is CC(NC(=O)OC(C)(C)C)C1CCCC1. The van der Waals surface area contributed by atoms with Crippen LogP contribution in [0.4, 0.5) is 4.79 Å². The summed E-state index contributed by atoms with van der Waals surface area (Å²) in [6.07, 6.45) is 4.77. The van der Waals surface area contributed by atoms with Gasteiger partial charge in [-0.3, -0.25) is 0 Å². The molecule has 88 valence electrons. The minimum Gasteiger partial charge on any atom is -0.444 e. The van der Waals surface area contributed by atoms with Crippen LogP contribution in [-0.4, -0.2) is 17.7 Å². The molecular formula is C12H23NO2. The summed E-state index contributed by atoms with van der Waals surface area (Å²) in [5.74, 6) is 0.637. The van der Waals surface area contributed by atoms with Crippen molar-refractivity contribution < 1.29 is 9.53 Å². The molecule has 3 heteroatoms. The number of alkyl carbamates (subject to hydrolysis) is 1. The fourth-order valence-electron chi connectivity index (χ4n) is 2.07. The lowest BCUT2D eigenvalue weighted by molar-refractivity contribution is 0.0492. The van der Waals surface area contributed by atoms with Gasteiger partial charge in [-0.25, -0.2) is 4.79 Å². The van der Waals surface area contributed by atoms with E-state index in [1.807, 2.05) is 20.8 Å². The number of amides is 1. The third kappa shape index (κ3) is 4.54. The largest absolute Gasteiger partial charge is 0.444 e. The van der Waals surface area contributed by atoms with Crippen molar-refractivity contribution in [3.05, 3.63) is 0 Å². The molecule has 1 atom stereocenters. The maximum Gasteiger partial charge on any atom is 0.407 e. The fourth-order valence-corrected chi connectivity index (χ4v) is 2.07. The second-order valence-corrected chi connectivity index (χ2v) is 5.48. The predicted octanol–water partition coefficient (Wildman–Crippen LogP) is 3.09. The molecule has 1 aliphatic rings. The number of carbonyl (C=O) groups excluding carboxylic acids is 1. The number of nitrogens with one attached hydrogen (secondary N) is 1. The van der Waals surface area contributed by atoms with Gasteiger partial charge in [-0.05, 0) is 46.5 Å². The molecule has 1 rings (SSSR count). The number of hydrogen-bond acceptors (Lipinski definition) is 2. The Bertz CT molecular complexity index is 214. The smallest absolute Gasteiger partial charge is 0.407 e. The summed E-state index contributed by atoms with van der Waals surface area (Å²) in [6, 6.07) is 0.238. The van der Waals surface area contributed by atoms with Gasteiger partial charge >= 0.3 is 6.09 Å². The molecule has 1 unspecified atom stereocenters. The van der Waals surface area contributed by atoms with E-state index in [1.54, 1.807) is 0 Å². The molecule has 0 aromatic rings. The highest BCUT2D eigenvalue weighted by Gasteiger charge is 2.24. The van der Waals surface area contributed by atoms with Crippen LogP contribution < -0.4 is 5.32 Å². The average molecular weight is 213 g/mol. The lowest BCUT2D eigenvalue weighted by atomic mass is 10.0. The topological polar surface area (TPSA) is 38.3 Å². The molecule has 1 amide bonds. The zero-order chi connectivity index (χ0) is 11.5. The molecule has 0 aromatic carbocycles. The van der Waals surface area contributed by atoms with E-state index in [0.717, 1.165) is 0 Å². The number of carbonyl (C=O) groups is 1. The zero-order valence-electron chi connectivity index (χ0n) is 10.3. The number of rotatable bonds is 2. The average Bonchev–Trinajstić information content (AvgIpc) is 2.50. The quantitative estimate of drug-likeness (QED) is 0.765. The van der Waals surface area contributed by atoms with E-state index in [-0.39, 0.29) is 12.1 Å². The summed E-state index contributed by atoms with van der Waals surface area (Å²) < 4.78 is 5.22. The van der Waals surface area contributed by atoms with Crippen molar-refractivity contribution in [3.63, 3.8) is 0 Å². The van der Waals surface area contributed by atoms with Crippen LogP contribution in [0.5, 0.6) is 0 Å². The van der Waals surface area contributed by atoms with Gasteiger partial charge in [0.15, 0.2) is 0 Å². The van der Waals surface area contributed by atoms with E-state index in [4.69, 9.17) is 4.74 Å². The van der Waals surface area contributed by atoms with Crippen molar-refractivity contribution in [2.75, 3.05) is 0 Å². The summed E-state index contributed by atoms with van der Waals surface area (Å²) in [6.45, 7) is 7.71. The Hall–Kier alpha value is -0.730. The molecule has 15 heavy (non-hydrogen) atoms. The van der Waals surface area contributed by atoms with Crippen LogP contribution in [0.3, 0.4) is 0 Å². The molecule has 1 aliphatic carbocycles. The van der Waals surface area contributed by atoms with Gasteiger partial charge in [0.1, 0.15) is 5.60 Å². The summed E-state index contributed by atoms with van der Waals surface area (Å²) in [7, 11) is 0. The monoisotopic (exact) mass is 213 g/mol. The number of hydrogen-bond donors (Lipinski definition) is 1. The molecule has 3 nitrogen and oxygen atoms in total. The maximum atomic E-state index is 11.5. The second-order valence-electron chi connectivity index (χ2n) is 5.48. The standard InChI is InChI=1S/C12H23NO2/c1-9(10-7-5-6-8-10)13-11(14)15-12(2,3)4/h9-10H,5-8H2,1-4H3,(H,13,14). The Kier molecular flexibility index (Phi) is 4.00. The molecule has 0 aromatic heterocycles. The molecule has 1 N–H and O–H groups in total. The number of ether oxygens (including phenoxy) is 1. The highest BCUT2D eigenvalue weighted by Crippen LogP contribution is 2.27. The van der Waals surface area contributed by atoms with Crippen LogP contribution in [0.1, 0.15) is 53.4 Å². The highest BCUT2D eigenvalue weighted by atomic mass is 16.6. The first-order chi connectivity index (χ1) is 6.88. The van der Waals surface area contributed by atoms with Gasteiger partial charge in [-0.1, -0.05) is 12.8 Å². The Morgan fingerprint density at radius 3 is 2.33 bits per heavy atom. The van der Waals surface area contributed by atoms with E-state index in [2.05, 4.69) is 12.2 Å². The molecular weight excluding hydrogens is 190 g/mol. The first-order valence-corrected chi connectivity index (χ1v) is 5.88. The highest BCUT2D eigenvalue weighted by molar-refractivity contribution is 5.68. The maximum absolute atomic E-state index is 11.5. The molecule has 0 spiro atoms. The fraction of sp³-hybridized carbons (Fsp3) is 0.917. The van der Waals surface area contributed by atoms with Crippen molar-refractivity contribution in [2.24, 2.45) is 5.92 Å². The predicted molar refractivity (Wildman–Crippen MR) is 60.8 cm³/mol. The lowest BCUT2D eigenvalue weighted by Gasteiger charge is -2.24. The molecule has 0 heterocycles. The van der Waals surface area contributed by atoms with Gasteiger partial charge in [-0.2, -0.15) is 0 Å². The molecule has 0 radical (unpaired) electrons. The van der Waals surface area contributed by atoms with Gasteiger partial charge in [0, 0.05) is 6.04 Å². The zero-order valence-corrected chi connectivity index (χ0v) is 10.3. The second kappa shape index (κ2) is 4.86. The van der Waals surface area contributed by atoms with Gasteiger partial charge < -0.3 is 10.1 Å². The van der Waals surface area contributed by atoms with Crippen molar-refractivity contribution >= 4 is 6.09 Å². The van der Waals surface area contributed by atoms with Crippen LogP contribution in [0.2, 0.25) is 0 Å². The van der Waals surface area contributed by atoms with Crippen LogP contribution >= 0.6 is 0 Å². The van der Waals surface area contributed by atoms with Crippen LogP contribution in [-0.2, 0) is 4.74 Å². The third-order valence-electron chi connectivity index (χ3n) is 2.85. The van der Waals surface area contributed by atoms with Crippen molar-refractivity contribution in [1.29, 1.82) is 0 Å². The van der Waals surface area contributed by atoms with Gasteiger partial charge in [-0.15, -0.1) is 0 Å². The van der Waals surface area contributed by atoms with Gasteiger partial charge in [0.05, 0.1) is 0 Å². The first kappa shape index (κ1) is 12.3. The summed E-state index contributed by atoms with van der Waals surface area (Å²) in [5.41, 5.74) is -0.403. The molecule has 0 saturated heterocycles. The third-order valence-corrected chi connectivity index (χ3v) is 2.85. The van der Waals surface area contributed by atoms with Crippen molar-refractivity contribution in [1.82, 2.24) is 5.32 Å². The van der Waals surface area contributed by atoms with E-state index in [9.17, 15) is 4.79 Å². The Labute approximate surface area is 92.6 Å². The lowest BCUT2D eigenvalue weighted by Crippen LogP contribution is -2.40. The Morgan fingerprint density at radius 1 is 1.33 bits per heavy atom. The van der Waals surface area contributed by atoms with E-state index >= 15 is 0 Å². The normalized spacial score (nSPS) is 20.0. The van der Waals surface area contributed by atoms with Crippen LogP contribution in [0.15, 0.2) is 0 Å². The van der Waals surface area contributed by atoms with Crippen molar-refractivity contribution in [3.8, 4) is 0 Å². The summed E-state index contributed by atoms with van der Waals surface area (Å²) in [4.78, 5) is 11.5. The molecule has 0 aliphatic heterocycles. The first-order valence-electron chi connectivity index (χ1n) is 5.88. The van der Waals surface area contributed by atoms with Gasteiger partial charge in [0.2, 0.25) is 0 Å². The van der Waals surface area contributed by atoms with Crippen LogP contribution in [0, 0.1) is 5.92 Å². The van der Waals surface area contributed by atoms with Crippen molar-refractivity contribution in [2.45, 2.75) is 65.0 Å². The molecule has 1 fully saturated rings. The molecule has 0 bridgehead atoms. The molecule has 1 saturated carbocycles. The summed E-state index contributed by atoms with van der Waals surface area (Å²) >= 11 is 0. The minimum atomic E-state index is -0.403. The minimum absolute atomic E-state index is 0.238.